The van der Waals surface area contributed by atoms with Crippen molar-refractivity contribution in [3.05, 3.63) is 0 Å². The highest BCUT2D eigenvalue weighted by molar-refractivity contribution is 5.80. The van der Waals surface area contributed by atoms with Gasteiger partial charge >= 0.3 is 5.97 Å². The van der Waals surface area contributed by atoms with Gasteiger partial charge in [-0.05, 0) is 32.6 Å². The van der Waals surface area contributed by atoms with E-state index in [0.29, 0.717) is 6.61 Å². The molecule has 138 valence electrons. The molecule has 0 aromatic rings. The van der Waals surface area contributed by atoms with Gasteiger partial charge in [0.25, 0.3) is 0 Å². The predicted octanol–water partition coefficient (Wildman–Crippen LogP) is 5.64. The second-order valence-electron chi connectivity index (χ2n) is 7.15. The molecule has 0 saturated heterocycles. The van der Waals surface area contributed by atoms with Gasteiger partial charge in [0.05, 0.1) is 6.61 Å². The van der Waals surface area contributed by atoms with Crippen LogP contribution in [-0.4, -0.2) is 23.3 Å². The van der Waals surface area contributed by atoms with Crippen LogP contribution in [0.3, 0.4) is 0 Å². The summed E-state index contributed by atoms with van der Waals surface area (Å²) in [7, 11) is 0. The van der Waals surface area contributed by atoms with Crippen molar-refractivity contribution >= 4 is 5.97 Å². The zero-order chi connectivity index (χ0) is 17.8. The molecule has 1 unspecified atom stereocenters. The lowest BCUT2D eigenvalue weighted by Gasteiger charge is -2.44. The van der Waals surface area contributed by atoms with Crippen LogP contribution in [0, 0.1) is 5.41 Å². The van der Waals surface area contributed by atoms with E-state index in [1.54, 1.807) is 6.92 Å². The molecule has 0 rings (SSSR count). The van der Waals surface area contributed by atoms with Crippen LogP contribution in [0.25, 0.3) is 0 Å². The summed E-state index contributed by atoms with van der Waals surface area (Å²) < 4.78 is 5.40. The van der Waals surface area contributed by atoms with Crippen LogP contribution in [0.2, 0.25) is 0 Å². The van der Waals surface area contributed by atoms with E-state index in [1.165, 1.54) is 0 Å². The number of ether oxygens (including phenoxy) is 1. The lowest BCUT2D eigenvalue weighted by Crippen LogP contribution is -2.53. The number of carbonyl (C=O) groups excluding carboxylic acids is 1. The molecular weight excluding hydrogens is 288 g/mol. The minimum Gasteiger partial charge on any atom is -0.464 e. The lowest BCUT2D eigenvalue weighted by atomic mass is 9.63. The molecule has 0 spiro atoms. The minimum absolute atomic E-state index is 0.349. The summed E-state index contributed by atoms with van der Waals surface area (Å²) >= 11 is 0. The standard InChI is InChI=1S/C20H40O3/c1-6-10-14-20(15-11-7-2,16-12-8-3)19(5,22)18(21)23-17-13-9-4/h22H,6-17H2,1-5H3. The summed E-state index contributed by atoms with van der Waals surface area (Å²) in [6.45, 7) is 10.7. The Hall–Kier alpha value is -0.570. The zero-order valence-corrected chi connectivity index (χ0v) is 16.2. The fraction of sp³-hybridized carbons (Fsp3) is 0.950. The van der Waals surface area contributed by atoms with Crippen LogP contribution >= 0.6 is 0 Å². The normalized spacial score (nSPS) is 14.5. The number of rotatable bonds is 14. The molecule has 0 bridgehead atoms. The highest BCUT2D eigenvalue weighted by atomic mass is 16.5. The Morgan fingerprint density at radius 2 is 1.22 bits per heavy atom. The Labute approximate surface area is 144 Å². The first-order valence-electron chi connectivity index (χ1n) is 9.81. The van der Waals surface area contributed by atoms with E-state index in [4.69, 9.17) is 4.74 Å². The first-order chi connectivity index (χ1) is 10.9. The summed E-state index contributed by atoms with van der Waals surface area (Å²) in [5.41, 5.74) is -1.74. The monoisotopic (exact) mass is 328 g/mol. The zero-order valence-electron chi connectivity index (χ0n) is 16.2. The number of hydrogen-bond donors (Lipinski definition) is 1. The molecule has 0 radical (unpaired) electrons. The van der Waals surface area contributed by atoms with E-state index in [0.717, 1.165) is 70.6 Å². The summed E-state index contributed by atoms with van der Waals surface area (Å²) in [5.74, 6) is -0.422. The number of carbonyl (C=O) groups is 1. The third-order valence-corrected chi connectivity index (χ3v) is 5.19. The van der Waals surface area contributed by atoms with Gasteiger partial charge in [-0.2, -0.15) is 0 Å². The fourth-order valence-corrected chi connectivity index (χ4v) is 3.32. The molecule has 0 aliphatic carbocycles. The van der Waals surface area contributed by atoms with Gasteiger partial charge in [0.1, 0.15) is 0 Å². The highest BCUT2D eigenvalue weighted by Gasteiger charge is 2.51. The van der Waals surface area contributed by atoms with Crippen LogP contribution in [0.15, 0.2) is 0 Å². The molecule has 0 saturated carbocycles. The van der Waals surface area contributed by atoms with Gasteiger partial charge in [-0.25, -0.2) is 4.79 Å². The Balaban J connectivity index is 5.31. The Morgan fingerprint density at radius 1 is 0.826 bits per heavy atom. The van der Waals surface area contributed by atoms with Crippen molar-refractivity contribution in [2.45, 2.75) is 111 Å². The van der Waals surface area contributed by atoms with Gasteiger partial charge in [-0.1, -0.05) is 72.6 Å². The Bertz CT molecular complexity index is 288. The smallest absolute Gasteiger partial charge is 0.338 e. The first-order valence-corrected chi connectivity index (χ1v) is 9.81. The maximum Gasteiger partial charge on any atom is 0.338 e. The van der Waals surface area contributed by atoms with E-state index in [-0.39, 0.29) is 5.41 Å². The molecule has 0 amide bonds. The summed E-state index contributed by atoms with van der Waals surface area (Å²) in [6.07, 6.45) is 10.9. The van der Waals surface area contributed by atoms with E-state index < -0.39 is 11.6 Å². The molecule has 1 N–H and O–H groups in total. The molecule has 3 nitrogen and oxygen atoms in total. The van der Waals surface area contributed by atoms with E-state index in [1.807, 2.05) is 0 Å². The first kappa shape index (κ1) is 22.4. The van der Waals surface area contributed by atoms with Gasteiger partial charge in [-0.15, -0.1) is 0 Å². The largest absolute Gasteiger partial charge is 0.464 e. The molecule has 23 heavy (non-hydrogen) atoms. The van der Waals surface area contributed by atoms with E-state index >= 15 is 0 Å². The molecule has 0 aliphatic heterocycles. The lowest BCUT2D eigenvalue weighted by molar-refractivity contribution is -0.183. The second kappa shape index (κ2) is 11.9. The van der Waals surface area contributed by atoms with Crippen molar-refractivity contribution in [1.29, 1.82) is 0 Å². The average Bonchev–Trinajstić information content (AvgIpc) is 2.54. The molecule has 0 aromatic carbocycles. The molecule has 0 fully saturated rings. The quantitative estimate of drug-likeness (QED) is 0.331. The molecule has 0 aliphatic rings. The van der Waals surface area contributed by atoms with E-state index in [9.17, 15) is 9.90 Å². The third kappa shape index (κ3) is 6.82. The number of hydrogen-bond acceptors (Lipinski definition) is 3. The van der Waals surface area contributed by atoms with Crippen LogP contribution in [-0.2, 0) is 9.53 Å². The maximum absolute atomic E-state index is 12.6. The van der Waals surface area contributed by atoms with Gasteiger partial charge < -0.3 is 9.84 Å². The van der Waals surface area contributed by atoms with Crippen molar-refractivity contribution in [3.63, 3.8) is 0 Å². The molecule has 0 heterocycles. The number of esters is 1. The van der Waals surface area contributed by atoms with Crippen molar-refractivity contribution < 1.29 is 14.6 Å². The second-order valence-corrected chi connectivity index (χ2v) is 7.15. The van der Waals surface area contributed by atoms with Gasteiger partial charge in [0, 0.05) is 5.41 Å². The molecule has 0 aromatic heterocycles. The fourth-order valence-electron chi connectivity index (χ4n) is 3.32. The third-order valence-electron chi connectivity index (χ3n) is 5.19. The summed E-state index contributed by atoms with van der Waals surface area (Å²) in [5, 5.41) is 11.2. The van der Waals surface area contributed by atoms with Crippen molar-refractivity contribution in [2.75, 3.05) is 6.61 Å². The van der Waals surface area contributed by atoms with Crippen LogP contribution in [0.1, 0.15) is 105 Å². The average molecular weight is 329 g/mol. The van der Waals surface area contributed by atoms with Crippen LogP contribution in [0.4, 0.5) is 0 Å². The molecular formula is C20H40O3. The van der Waals surface area contributed by atoms with Gasteiger partial charge in [0.15, 0.2) is 5.60 Å². The maximum atomic E-state index is 12.6. The SMILES string of the molecule is CCCCOC(=O)C(C)(O)C(CCCC)(CCCC)CCCC. The van der Waals surface area contributed by atoms with Crippen molar-refractivity contribution in [3.8, 4) is 0 Å². The topological polar surface area (TPSA) is 46.5 Å². The number of aliphatic hydroxyl groups is 1. The Kier molecular flexibility index (Phi) is 11.6. The molecule has 1 atom stereocenters. The van der Waals surface area contributed by atoms with Gasteiger partial charge in [0.2, 0.25) is 0 Å². The Morgan fingerprint density at radius 3 is 1.57 bits per heavy atom. The summed E-state index contributed by atoms with van der Waals surface area (Å²) in [6, 6.07) is 0. The van der Waals surface area contributed by atoms with Gasteiger partial charge in [-0.3, -0.25) is 0 Å². The van der Waals surface area contributed by atoms with Crippen LogP contribution in [0.5, 0.6) is 0 Å². The summed E-state index contributed by atoms with van der Waals surface area (Å²) in [4.78, 5) is 12.6. The highest BCUT2D eigenvalue weighted by Crippen LogP contribution is 2.46. The molecule has 3 heteroatoms. The van der Waals surface area contributed by atoms with Crippen LogP contribution < -0.4 is 0 Å². The minimum atomic E-state index is -1.39. The predicted molar refractivity (Wildman–Crippen MR) is 97.5 cm³/mol. The van der Waals surface area contributed by atoms with E-state index in [2.05, 4.69) is 27.7 Å². The van der Waals surface area contributed by atoms with Crippen molar-refractivity contribution in [2.24, 2.45) is 5.41 Å². The van der Waals surface area contributed by atoms with Crippen molar-refractivity contribution in [1.82, 2.24) is 0 Å². The number of unbranched alkanes of at least 4 members (excludes halogenated alkanes) is 4.